The number of nitrogens with zero attached hydrogens (tertiary/aromatic N) is 2. The fourth-order valence-electron chi connectivity index (χ4n) is 0.720. The van der Waals surface area contributed by atoms with Crippen molar-refractivity contribution < 1.29 is 9.90 Å². The lowest BCUT2D eigenvalue weighted by molar-refractivity contribution is -0.138. The van der Waals surface area contributed by atoms with Crippen LogP contribution in [0.3, 0.4) is 0 Å². The highest BCUT2D eigenvalue weighted by molar-refractivity contribution is 5.72. The zero-order valence-corrected chi connectivity index (χ0v) is 6.73. The quantitative estimate of drug-likeness (QED) is 0.301. The topological polar surface area (TPSA) is 114 Å². The second-order valence-electron chi connectivity index (χ2n) is 2.41. The molecule has 12 heavy (non-hydrogen) atoms. The van der Waals surface area contributed by atoms with Gasteiger partial charge in [0.1, 0.15) is 23.2 Å². The molecule has 0 saturated carbocycles. The average Bonchev–Trinajstić information content (AvgIpc) is 2.03. The van der Waals surface area contributed by atoms with E-state index in [1.807, 2.05) is 0 Å². The van der Waals surface area contributed by atoms with Crippen molar-refractivity contribution >= 4 is 5.97 Å². The second-order valence-corrected chi connectivity index (χ2v) is 2.41. The van der Waals surface area contributed by atoms with Crippen molar-refractivity contribution in [2.75, 3.05) is 6.54 Å². The third-order valence-corrected chi connectivity index (χ3v) is 1.41. The van der Waals surface area contributed by atoms with E-state index < -0.39 is 12.0 Å². The highest BCUT2D eigenvalue weighted by Crippen LogP contribution is 1.98. The molecule has 6 nitrogen and oxygen atoms in total. The molecule has 0 amide bonds. The molecule has 0 saturated heterocycles. The zero-order chi connectivity index (χ0) is 9.40. The van der Waals surface area contributed by atoms with Crippen molar-refractivity contribution in [1.82, 2.24) is 4.91 Å². The Bertz CT molecular complexity index is 188. The van der Waals surface area contributed by atoms with E-state index in [9.17, 15) is 4.79 Å². The van der Waals surface area contributed by atoms with Crippen molar-refractivity contribution in [1.29, 1.82) is 5.53 Å². The Hall–Kier alpha value is -1.26. The molecule has 68 valence electrons. The highest BCUT2D eigenvalue weighted by Gasteiger charge is 2.09. The summed E-state index contributed by atoms with van der Waals surface area (Å²) in [4.78, 5) is 13.0. The maximum Gasteiger partial charge on any atom is 0.320 e. The number of carboxylic acids is 1. The van der Waals surface area contributed by atoms with E-state index in [4.69, 9.17) is 16.4 Å². The van der Waals surface area contributed by atoms with Crippen molar-refractivity contribution in [3.8, 4) is 0 Å². The van der Waals surface area contributed by atoms with E-state index in [1.54, 1.807) is 0 Å². The molecule has 0 radical (unpaired) electrons. The molecule has 0 heterocycles. The summed E-state index contributed by atoms with van der Waals surface area (Å²) in [5.41, 5.74) is 11.6. The number of carboxylic acid groups (broad SMARTS) is 1. The van der Waals surface area contributed by atoms with Crippen LogP contribution in [0.4, 0.5) is 0 Å². The van der Waals surface area contributed by atoms with Crippen LogP contribution >= 0.6 is 0 Å². The van der Waals surface area contributed by atoms with E-state index >= 15 is 0 Å². The fourth-order valence-corrected chi connectivity index (χ4v) is 0.720. The van der Waals surface area contributed by atoms with Crippen LogP contribution in [-0.2, 0) is 4.79 Å². The van der Waals surface area contributed by atoms with Crippen molar-refractivity contribution in [3.63, 3.8) is 0 Å². The predicted octanol–water partition coefficient (Wildman–Crippen LogP) is 0.119. The van der Waals surface area contributed by atoms with Crippen LogP contribution in [0.1, 0.15) is 19.3 Å². The number of rotatable bonds is 6. The van der Waals surface area contributed by atoms with Gasteiger partial charge in [-0.25, -0.2) is 0 Å². The Morgan fingerprint density at radius 2 is 2.33 bits per heavy atom. The number of hydrogen-bond donors (Lipinski definition) is 3. The van der Waals surface area contributed by atoms with Crippen LogP contribution in [-0.4, -0.2) is 23.7 Å². The Labute approximate surface area is 70.0 Å². The van der Waals surface area contributed by atoms with Gasteiger partial charge in [0.05, 0.1) is 0 Å². The smallest absolute Gasteiger partial charge is 0.320 e. The molecule has 0 aromatic rings. The molecule has 0 aliphatic rings. The van der Waals surface area contributed by atoms with Crippen molar-refractivity contribution in [2.24, 2.45) is 10.8 Å². The first-order chi connectivity index (χ1) is 5.68. The zero-order valence-electron chi connectivity index (χ0n) is 6.73. The summed E-state index contributed by atoms with van der Waals surface area (Å²) in [6.07, 6.45) is 1.87. The Kier molecular flexibility index (Phi) is 5.77. The largest absolute Gasteiger partial charge is 0.480 e. The third kappa shape index (κ3) is 5.52. The summed E-state index contributed by atoms with van der Waals surface area (Å²) < 4.78 is 0. The molecule has 6 heteroatoms. The minimum atomic E-state index is -0.975. The summed E-state index contributed by atoms with van der Waals surface area (Å²) in [5.74, 6) is -0.975. The van der Waals surface area contributed by atoms with E-state index in [0.717, 1.165) is 6.42 Å². The molecule has 1 unspecified atom stereocenters. The lowest BCUT2D eigenvalue weighted by Crippen LogP contribution is -2.29. The van der Waals surface area contributed by atoms with Crippen molar-refractivity contribution in [2.45, 2.75) is 25.3 Å². The molecule has 0 bridgehead atoms. The van der Waals surface area contributed by atoms with Gasteiger partial charge < -0.3 is 10.8 Å². The molecule has 1 atom stereocenters. The number of nitrogens with two attached hydrogens (primary N) is 1. The van der Waals surface area contributed by atoms with Gasteiger partial charge in [-0.3, -0.25) is 4.79 Å². The molecule has 0 rings (SSSR count). The monoisotopic (exact) mass is 173 g/mol. The number of nitrogens with one attached hydrogen (secondary N) is 1. The van der Waals surface area contributed by atoms with E-state index in [1.165, 1.54) is 0 Å². The molecule has 0 spiro atoms. The number of carbonyl (C=O) groups is 1. The Morgan fingerprint density at radius 1 is 1.67 bits per heavy atom. The first kappa shape index (κ1) is 10.7. The molecular formula is C6H13N4O2+. The fraction of sp³-hybridized carbons (Fsp3) is 0.833. The molecule has 0 aliphatic heterocycles. The van der Waals surface area contributed by atoms with Gasteiger partial charge in [0, 0.05) is 0 Å². The Balaban J connectivity index is 3.31. The molecule has 0 aliphatic carbocycles. The maximum absolute atomic E-state index is 10.2. The summed E-state index contributed by atoms with van der Waals surface area (Å²) in [6.45, 7) is 0.468. The molecular weight excluding hydrogens is 160 g/mol. The number of aliphatic carboxylic acids is 1. The average molecular weight is 173 g/mol. The van der Waals surface area contributed by atoms with Crippen LogP contribution in [0.2, 0.25) is 0 Å². The summed E-state index contributed by atoms with van der Waals surface area (Å²) in [5, 5.41) is 11.8. The van der Waals surface area contributed by atoms with E-state index in [0.29, 0.717) is 19.4 Å². The van der Waals surface area contributed by atoms with Gasteiger partial charge in [-0.2, -0.15) is 0 Å². The minimum absolute atomic E-state index is 0.447. The van der Waals surface area contributed by atoms with E-state index in [2.05, 4.69) is 10.0 Å². The first-order valence-electron chi connectivity index (χ1n) is 3.70. The van der Waals surface area contributed by atoms with E-state index in [-0.39, 0.29) is 0 Å². The second kappa shape index (κ2) is 6.45. The van der Waals surface area contributed by atoms with Gasteiger partial charge >= 0.3 is 5.97 Å². The van der Waals surface area contributed by atoms with Gasteiger partial charge in [0.25, 0.3) is 0 Å². The van der Waals surface area contributed by atoms with Gasteiger partial charge in [0.2, 0.25) is 4.91 Å². The summed E-state index contributed by atoms with van der Waals surface area (Å²) in [6, 6.07) is -0.780. The molecule has 0 aromatic carbocycles. The van der Waals surface area contributed by atoms with Gasteiger partial charge in [0.15, 0.2) is 0 Å². The van der Waals surface area contributed by atoms with Gasteiger partial charge in [-0.15, -0.1) is 0 Å². The predicted molar refractivity (Wildman–Crippen MR) is 41.6 cm³/mol. The van der Waals surface area contributed by atoms with Gasteiger partial charge in [-0.05, 0) is 19.3 Å². The lowest BCUT2D eigenvalue weighted by Gasteiger charge is -2.02. The molecule has 0 fully saturated rings. The normalized spacial score (nSPS) is 11.8. The lowest BCUT2D eigenvalue weighted by atomic mass is 10.1. The summed E-state index contributed by atoms with van der Waals surface area (Å²) in [7, 11) is 0. The van der Waals surface area contributed by atoms with Crippen LogP contribution in [0.15, 0.2) is 5.11 Å². The third-order valence-electron chi connectivity index (χ3n) is 1.41. The standard InChI is InChI=1S/C6H12N4O2/c7-5(6(11)12)3-1-2-4-9-10-8/h5,8H,1-4,7H2/p+1. The SMILES string of the molecule is N=[N+]=NCCCCC(N)C(=O)O. The van der Waals surface area contributed by atoms with Crippen LogP contribution in [0.5, 0.6) is 0 Å². The first-order valence-corrected chi connectivity index (χ1v) is 3.70. The minimum Gasteiger partial charge on any atom is -0.480 e. The number of hydrogen-bond acceptors (Lipinski definition) is 4. The summed E-state index contributed by atoms with van der Waals surface area (Å²) >= 11 is 0. The van der Waals surface area contributed by atoms with Crippen molar-refractivity contribution in [3.05, 3.63) is 0 Å². The van der Waals surface area contributed by atoms with Crippen LogP contribution < -0.4 is 10.6 Å². The Morgan fingerprint density at radius 3 is 2.83 bits per heavy atom. The number of unbranched alkanes of at least 4 members (excludes halogenated alkanes) is 1. The molecule has 0 aromatic heterocycles. The highest BCUT2D eigenvalue weighted by atomic mass is 16.4. The van der Waals surface area contributed by atoms with Crippen LogP contribution in [0, 0.1) is 5.53 Å². The molecule has 4 N–H and O–H groups in total. The van der Waals surface area contributed by atoms with Crippen LogP contribution in [0.25, 0.3) is 0 Å². The van der Waals surface area contributed by atoms with Gasteiger partial charge in [-0.1, -0.05) is 0 Å². The maximum atomic E-state index is 10.2.